The number of nitrogens with zero attached hydrogens (tertiary/aromatic N) is 4. The van der Waals surface area contributed by atoms with Crippen LogP contribution in [0, 0.1) is 0 Å². The van der Waals surface area contributed by atoms with Crippen molar-refractivity contribution in [2.45, 2.75) is 11.2 Å². The number of hydrogen-bond acceptors (Lipinski definition) is 7. The van der Waals surface area contributed by atoms with Crippen LogP contribution in [0.25, 0.3) is 22.8 Å². The monoisotopic (exact) mass is 472 g/mol. The summed E-state index contributed by atoms with van der Waals surface area (Å²) in [6, 6.07) is 13.0. The molecule has 1 aliphatic heterocycles. The molecular weight excluding hydrogens is 458 g/mol. The van der Waals surface area contributed by atoms with Crippen molar-refractivity contribution >= 4 is 9.84 Å². The molecule has 33 heavy (non-hydrogen) atoms. The lowest BCUT2D eigenvalue weighted by Gasteiger charge is -2.11. The van der Waals surface area contributed by atoms with Gasteiger partial charge in [-0.1, -0.05) is 6.07 Å². The Labute approximate surface area is 185 Å². The number of aromatic nitrogens is 4. The van der Waals surface area contributed by atoms with Gasteiger partial charge in [-0.2, -0.15) is 10.2 Å². The molecule has 4 aromatic rings. The summed E-state index contributed by atoms with van der Waals surface area (Å²) < 4.78 is 62.1. The maximum atomic E-state index is 13.3. The Morgan fingerprint density at radius 1 is 0.970 bits per heavy atom. The molecule has 0 atom stereocenters. The summed E-state index contributed by atoms with van der Waals surface area (Å²) in [6.45, 7) is 0. The number of rotatable bonds is 4. The number of ether oxygens (including phenoxy) is 2. The Kier molecular flexibility index (Phi) is 4.57. The maximum Gasteiger partial charge on any atom is 0.586 e. The van der Waals surface area contributed by atoms with Gasteiger partial charge in [-0.25, -0.2) is 17.8 Å². The molecule has 2 aromatic heterocycles. The molecular formula is C21H14F2N4O5S. The fourth-order valence-electron chi connectivity index (χ4n) is 3.34. The smallest absolute Gasteiger partial charge is 0.395 e. The lowest BCUT2D eigenvalue weighted by atomic mass is 10.2. The van der Waals surface area contributed by atoms with Gasteiger partial charge in [0, 0.05) is 24.6 Å². The zero-order valence-electron chi connectivity index (χ0n) is 16.8. The van der Waals surface area contributed by atoms with E-state index >= 15 is 0 Å². The first-order valence-corrected chi connectivity index (χ1v) is 11.3. The van der Waals surface area contributed by atoms with Crippen LogP contribution in [0.1, 0.15) is 0 Å². The molecule has 0 spiro atoms. The lowest BCUT2D eigenvalue weighted by molar-refractivity contribution is -0.286. The molecule has 0 unspecified atom stereocenters. The second kappa shape index (κ2) is 7.24. The van der Waals surface area contributed by atoms with Gasteiger partial charge in [0.15, 0.2) is 27.0 Å². The average Bonchev–Trinajstić information content (AvgIpc) is 3.36. The van der Waals surface area contributed by atoms with E-state index in [1.807, 2.05) is 0 Å². The normalized spacial score (nSPS) is 14.4. The van der Waals surface area contributed by atoms with E-state index in [0.717, 1.165) is 6.26 Å². The Balaban J connectivity index is 1.58. The quantitative estimate of drug-likeness (QED) is 0.450. The summed E-state index contributed by atoms with van der Waals surface area (Å²) >= 11 is 0. The SMILES string of the molecule is CS(=O)(=O)c1cccc(-n2nccc2-c2nn(-c3ccc4c(c3)OC(F)(F)O4)ccc2=O)c1. The van der Waals surface area contributed by atoms with Gasteiger partial charge in [-0.15, -0.1) is 8.78 Å². The topological polar surface area (TPSA) is 105 Å². The molecule has 1 aliphatic rings. The highest BCUT2D eigenvalue weighted by atomic mass is 32.2. The van der Waals surface area contributed by atoms with Crippen molar-refractivity contribution in [3.63, 3.8) is 0 Å². The minimum Gasteiger partial charge on any atom is -0.395 e. The number of halogens is 2. The Morgan fingerprint density at radius 2 is 1.76 bits per heavy atom. The average molecular weight is 472 g/mol. The van der Waals surface area contributed by atoms with Crippen molar-refractivity contribution in [3.8, 4) is 34.3 Å². The largest absolute Gasteiger partial charge is 0.586 e. The van der Waals surface area contributed by atoms with Crippen LogP contribution in [-0.4, -0.2) is 40.5 Å². The van der Waals surface area contributed by atoms with E-state index in [9.17, 15) is 22.0 Å². The molecule has 9 nitrogen and oxygen atoms in total. The van der Waals surface area contributed by atoms with Crippen LogP contribution in [-0.2, 0) is 9.84 Å². The van der Waals surface area contributed by atoms with Crippen molar-refractivity contribution in [1.29, 1.82) is 0 Å². The van der Waals surface area contributed by atoms with E-state index in [1.54, 1.807) is 18.2 Å². The predicted octanol–water partition coefficient (Wildman–Crippen LogP) is 2.81. The van der Waals surface area contributed by atoms with E-state index in [0.29, 0.717) is 17.1 Å². The third kappa shape index (κ3) is 3.84. The van der Waals surface area contributed by atoms with Gasteiger partial charge >= 0.3 is 6.29 Å². The predicted molar refractivity (Wildman–Crippen MR) is 112 cm³/mol. The molecule has 5 rings (SSSR count). The zero-order chi connectivity index (χ0) is 23.4. The van der Waals surface area contributed by atoms with Crippen LogP contribution in [0.15, 0.2) is 76.7 Å². The lowest BCUT2D eigenvalue weighted by Crippen LogP contribution is -2.25. The van der Waals surface area contributed by atoms with E-state index in [-0.39, 0.29) is 22.1 Å². The van der Waals surface area contributed by atoms with Crippen molar-refractivity contribution < 1.29 is 26.7 Å². The van der Waals surface area contributed by atoms with Crippen LogP contribution in [0.2, 0.25) is 0 Å². The third-order valence-electron chi connectivity index (χ3n) is 4.83. The summed E-state index contributed by atoms with van der Waals surface area (Å²) in [5.41, 5.74) is 0.677. The van der Waals surface area contributed by atoms with Crippen molar-refractivity contribution in [2.75, 3.05) is 6.26 Å². The van der Waals surface area contributed by atoms with Gasteiger partial charge in [0.2, 0.25) is 5.43 Å². The minimum absolute atomic E-state index is 0.0164. The number of benzene rings is 2. The van der Waals surface area contributed by atoms with Crippen LogP contribution in [0.3, 0.4) is 0 Å². The molecule has 0 amide bonds. The summed E-state index contributed by atoms with van der Waals surface area (Å²) in [5.74, 6) is -0.281. The molecule has 0 fully saturated rings. The standard InChI is InChI=1S/C21H14F2N4O5S/c1-33(29,30)15-4-2-3-14(11-15)27-16(7-9-24-27)20-17(28)8-10-26(25-20)13-5-6-18-19(12-13)32-21(22,23)31-18/h2-12H,1H3. The molecule has 0 bridgehead atoms. The first kappa shape index (κ1) is 20.8. The molecule has 3 heterocycles. The second-order valence-electron chi connectivity index (χ2n) is 7.17. The summed E-state index contributed by atoms with van der Waals surface area (Å²) in [5, 5.41) is 8.55. The summed E-state index contributed by atoms with van der Waals surface area (Å²) in [4.78, 5) is 12.7. The highest BCUT2D eigenvalue weighted by Gasteiger charge is 2.43. The number of fused-ring (bicyclic) bond motifs is 1. The Morgan fingerprint density at radius 3 is 2.55 bits per heavy atom. The summed E-state index contributed by atoms with van der Waals surface area (Å²) in [6.07, 6.45) is 0.168. The number of sulfone groups is 1. The van der Waals surface area contributed by atoms with Gasteiger partial charge in [-0.3, -0.25) is 4.79 Å². The van der Waals surface area contributed by atoms with E-state index < -0.39 is 21.6 Å². The Bertz CT molecular complexity index is 1560. The molecule has 0 saturated heterocycles. The Hall–Kier alpha value is -4.06. The second-order valence-corrected chi connectivity index (χ2v) is 9.19. The summed E-state index contributed by atoms with van der Waals surface area (Å²) in [7, 11) is -3.46. The van der Waals surface area contributed by atoms with Gasteiger partial charge in [0.1, 0.15) is 0 Å². The maximum absolute atomic E-state index is 13.3. The number of hydrogen-bond donors (Lipinski definition) is 0. The molecule has 0 aliphatic carbocycles. The van der Waals surface area contributed by atoms with Crippen LogP contribution >= 0.6 is 0 Å². The van der Waals surface area contributed by atoms with Gasteiger partial charge < -0.3 is 9.47 Å². The van der Waals surface area contributed by atoms with Crippen molar-refractivity contribution in [2.24, 2.45) is 0 Å². The fourth-order valence-corrected chi connectivity index (χ4v) is 4.00. The molecule has 0 saturated carbocycles. The third-order valence-corrected chi connectivity index (χ3v) is 5.94. The number of alkyl halides is 2. The molecule has 0 N–H and O–H groups in total. The first-order valence-electron chi connectivity index (χ1n) is 9.46. The van der Waals surface area contributed by atoms with E-state index in [2.05, 4.69) is 19.7 Å². The molecule has 0 radical (unpaired) electrons. The minimum atomic E-state index is -3.75. The van der Waals surface area contributed by atoms with E-state index in [1.165, 1.54) is 58.2 Å². The molecule has 2 aromatic carbocycles. The molecule has 168 valence electrons. The van der Waals surface area contributed by atoms with Crippen molar-refractivity contribution in [1.82, 2.24) is 19.6 Å². The fraction of sp³-hybridized carbons (Fsp3) is 0.0952. The van der Waals surface area contributed by atoms with E-state index in [4.69, 9.17) is 0 Å². The van der Waals surface area contributed by atoms with Crippen molar-refractivity contribution in [3.05, 3.63) is 77.2 Å². The van der Waals surface area contributed by atoms with Gasteiger partial charge in [0.05, 0.1) is 28.2 Å². The molecule has 12 heteroatoms. The van der Waals surface area contributed by atoms with Gasteiger partial charge in [-0.05, 0) is 36.4 Å². The van der Waals surface area contributed by atoms with Gasteiger partial charge in [0.25, 0.3) is 0 Å². The van der Waals surface area contributed by atoms with Crippen LogP contribution in [0.4, 0.5) is 8.78 Å². The highest BCUT2D eigenvalue weighted by molar-refractivity contribution is 7.90. The first-order chi connectivity index (χ1) is 15.6. The highest BCUT2D eigenvalue weighted by Crippen LogP contribution is 2.41. The van der Waals surface area contributed by atoms with Crippen LogP contribution < -0.4 is 14.9 Å². The zero-order valence-corrected chi connectivity index (χ0v) is 17.7. The van der Waals surface area contributed by atoms with Crippen LogP contribution in [0.5, 0.6) is 11.5 Å².